The van der Waals surface area contributed by atoms with Gasteiger partial charge in [-0.15, -0.1) is 0 Å². The van der Waals surface area contributed by atoms with Gasteiger partial charge in [0.25, 0.3) is 6.43 Å². The van der Waals surface area contributed by atoms with Crippen molar-refractivity contribution in [2.24, 2.45) is 11.3 Å². The number of hydrogen-bond donors (Lipinski definition) is 1. The Morgan fingerprint density at radius 2 is 2.24 bits per heavy atom. The largest absolute Gasteiger partial charge is 0.486 e. The molecule has 1 aliphatic carbocycles. The summed E-state index contributed by atoms with van der Waals surface area (Å²) in [6.45, 7) is 1.45. The average molecular weight is 389 g/mol. The molecule has 1 aromatic carbocycles. The first-order valence-electron chi connectivity index (χ1n) is 7.71. The zero-order valence-corrected chi connectivity index (χ0v) is 14.8. The molecule has 0 saturated carbocycles. The summed E-state index contributed by atoms with van der Waals surface area (Å²) in [5.41, 5.74) is 0.0251. The van der Waals surface area contributed by atoms with Crippen molar-refractivity contribution < 1.29 is 18.3 Å². The van der Waals surface area contributed by atoms with Crippen molar-refractivity contribution in [2.45, 2.75) is 19.4 Å². The van der Waals surface area contributed by atoms with Gasteiger partial charge in [-0.25, -0.2) is 8.78 Å². The molecule has 3 rings (SSSR count). The molecule has 1 fully saturated rings. The number of nitrogens with one attached hydrogen (secondary N) is 1. The van der Waals surface area contributed by atoms with Crippen molar-refractivity contribution in [1.29, 1.82) is 5.41 Å². The molecular formula is C17H16Cl2F2N2O2. The third-order valence-corrected chi connectivity index (χ3v) is 5.45. The molecule has 0 aromatic heterocycles. The fourth-order valence-corrected chi connectivity index (χ4v) is 3.73. The molecule has 0 bridgehead atoms. The topological polar surface area (TPSA) is 53.4 Å². The predicted molar refractivity (Wildman–Crippen MR) is 91.7 cm³/mol. The molecule has 1 aliphatic heterocycles. The van der Waals surface area contributed by atoms with Crippen LogP contribution in [0.1, 0.15) is 18.5 Å². The minimum atomic E-state index is -2.58. The molecule has 134 valence electrons. The minimum absolute atomic E-state index is 0.0446. The lowest BCUT2D eigenvalue weighted by Crippen LogP contribution is -2.39. The van der Waals surface area contributed by atoms with E-state index in [4.69, 9.17) is 33.3 Å². The van der Waals surface area contributed by atoms with Crippen molar-refractivity contribution >= 4 is 34.3 Å². The van der Waals surface area contributed by atoms with Crippen molar-refractivity contribution in [3.8, 4) is 5.75 Å². The second-order valence-corrected chi connectivity index (χ2v) is 7.01. The van der Waals surface area contributed by atoms with Crippen LogP contribution in [0.3, 0.4) is 0 Å². The molecule has 8 heteroatoms. The maximum absolute atomic E-state index is 12.6. The zero-order valence-electron chi connectivity index (χ0n) is 13.3. The smallest absolute Gasteiger partial charge is 0.272 e. The van der Waals surface area contributed by atoms with Crippen molar-refractivity contribution in [3.05, 3.63) is 40.9 Å². The van der Waals surface area contributed by atoms with Gasteiger partial charge in [-0.3, -0.25) is 10.2 Å². The van der Waals surface area contributed by atoms with E-state index >= 15 is 0 Å². The van der Waals surface area contributed by atoms with Crippen LogP contribution in [0.25, 0.3) is 0 Å². The molecular weight excluding hydrogens is 373 g/mol. The summed E-state index contributed by atoms with van der Waals surface area (Å²) in [5.74, 6) is -0.315. The summed E-state index contributed by atoms with van der Waals surface area (Å²) in [4.78, 5) is 14.3. The van der Waals surface area contributed by atoms with E-state index in [1.165, 1.54) is 6.07 Å². The number of alkyl halides is 2. The number of likely N-dealkylation sites (tertiary alicyclic amines) is 1. The minimum Gasteiger partial charge on any atom is -0.486 e. The predicted octanol–water partition coefficient (Wildman–Crippen LogP) is 4.28. The van der Waals surface area contributed by atoms with Crippen LogP contribution < -0.4 is 4.74 Å². The Hall–Kier alpha value is -1.66. The fourth-order valence-electron chi connectivity index (χ4n) is 3.25. The summed E-state index contributed by atoms with van der Waals surface area (Å²) in [7, 11) is 0. The van der Waals surface area contributed by atoms with Gasteiger partial charge in [0.05, 0.1) is 22.4 Å². The standard InChI is InChI=1S/C17H16Cl2F2N2O2/c1-9(10-2-3-13(12(18)6-10)25-7-14(20)21)23-8-17(16(19)22)5-4-11(17)15(23)24/h2-6,9,11,14,22H,7-8H2,1H3/t9?,11?,17-/m0/s1. The lowest BCUT2D eigenvalue weighted by molar-refractivity contribution is -0.131. The molecule has 4 nitrogen and oxygen atoms in total. The summed E-state index contributed by atoms with van der Waals surface area (Å²) < 4.78 is 29.4. The molecule has 3 atom stereocenters. The molecule has 1 aromatic rings. The number of rotatable bonds is 6. The van der Waals surface area contributed by atoms with Crippen LogP contribution in [0, 0.1) is 16.7 Å². The fraction of sp³-hybridized carbons (Fsp3) is 0.412. The Balaban J connectivity index is 1.78. The van der Waals surface area contributed by atoms with Crippen LogP contribution in [-0.2, 0) is 4.79 Å². The number of fused-ring (bicyclic) bond motifs is 1. The van der Waals surface area contributed by atoms with E-state index in [0.717, 1.165) is 5.56 Å². The normalized spacial score (nSPS) is 25.8. The number of carbonyl (C=O) groups excluding carboxylic acids is 1. The van der Waals surface area contributed by atoms with Crippen LogP contribution in [0.15, 0.2) is 30.4 Å². The maximum atomic E-state index is 12.6. The lowest BCUT2D eigenvalue weighted by Gasteiger charge is -2.33. The van der Waals surface area contributed by atoms with Gasteiger partial charge in [0.1, 0.15) is 17.5 Å². The van der Waals surface area contributed by atoms with Crippen molar-refractivity contribution in [2.75, 3.05) is 13.2 Å². The average Bonchev–Trinajstić information content (AvgIpc) is 2.71. The third-order valence-electron chi connectivity index (χ3n) is 4.80. The number of hydrogen-bond acceptors (Lipinski definition) is 3. The van der Waals surface area contributed by atoms with Crippen LogP contribution in [0.5, 0.6) is 5.75 Å². The Morgan fingerprint density at radius 1 is 1.52 bits per heavy atom. The summed E-state index contributed by atoms with van der Waals surface area (Å²) in [6.07, 6.45) is 0.980. The Bertz CT molecular complexity index is 756. The first-order valence-corrected chi connectivity index (χ1v) is 8.46. The number of halogens is 4. The summed E-state index contributed by atoms with van der Waals surface area (Å²) in [6, 6.07) is 4.52. The van der Waals surface area contributed by atoms with E-state index in [1.807, 2.05) is 6.92 Å². The Morgan fingerprint density at radius 3 is 2.72 bits per heavy atom. The number of carbonyl (C=O) groups is 1. The van der Waals surface area contributed by atoms with E-state index in [2.05, 4.69) is 0 Å². The van der Waals surface area contributed by atoms with Gasteiger partial charge in [-0.1, -0.05) is 41.4 Å². The molecule has 1 heterocycles. The van der Waals surface area contributed by atoms with Crippen LogP contribution in [0.2, 0.25) is 5.02 Å². The second kappa shape index (κ2) is 6.57. The summed E-state index contributed by atoms with van der Waals surface area (Å²) >= 11 is 12.0. The molecule has 2 aliphatic rings. The molecule has 1 N–H and O–H groups in total. The highest BCUT2D eigenvalue weighted by Gasteiger charge is 2.57. The van der Waals surface area contributed by atoms with E-state index < -0.39 is 24.4 Å². The quantitative estimate of drug-likeness (QED) is 0.584. The molecule has 2 unspecified atom stereocenters. The molecule has 0 radical (unpaired) electrons. The maximum Gasteiger partial charge on any atom is 0.272 e. The highest BCUT2D eigenvalue weighted by Crippen LogP contribution is 2.50. The van der Waals surface area contributed by atoms with E-state index in [-0.39, 0.29) is 27.9 Å². The Labute approximate surface area is 153 Å². The third kappa shape index (κ3) is 3.02. The monoisotopic (exact) mass is 388 g/mol. The van der Waals surface area contributed by atoms with Crippen molar-refractivity contribution in [3.63, 3.8) is 0 Å². The molecule has 1 amide bonds. The van der Waals surface area contributed by atoms with E-state index in [1.54, 1.807) is 29.2 Å². The van der Waals surface area contributed by atoms with Crippen LogP contribution in [-0.4, -0.2) is 35.6 Å². The van der Waals surface area contributed by atoms with Crippen molar-refractivity contribution in [1.82, 2.24) is 4.90 Å². The highest BCUT2D eigenvalue weighted by molar-refractivity contribution is 6.66. The zero-order chi connectivity index (χ0) is 18.4. The van der Waals surface area contributed by atoms with Gasteiger partial charge in [0, 0.05) is 6.54 Å². The molecule has 25 heavy (non-hydrogen) atoms. The molecule has 1 saturated heterocycles. The second-order valence-electron chi connectivity index (χ2n) is 6.23. The number of amides is 1. The SMILES string of the molecule is CC(c1ccc(OCC(F)F)c(Cl)c1)N1C[C@@]2(C(=N)Cl)C=CC2C1=O. The highest BCUT2D eigenvalue weighted by atomic mass is 35.5. The number of nitrogens with zero attached hydrogens (tertiary/aromatic N) is 1. The van der Waals surface area contributed by atoms with Crippen LogP contribution >= 0.6 is 23.2 Å². The molecule has 0 spiro atoms. The van der Waals surface area contributed by atoms with Gasteiger partial charge in [0.2, 0.25) is 5.91 Å². The van der Waals surface area contributed by atoms with Gasteiger partial charge in [-0.2, -0.15) is 0 Å². The van der Waals surface area contributed by atoms with Gasteiger partial charge in [-0.05, 0) is 24.6 Å². The van der Waals surface area contributed by atoms with E-state index in [0.29, 0.717) is 6.54 Å². The number of benzene rings is 1. The lowest BCUT2D eigenvalue weighted by atomic mass is 9.70. The summed E-state index contributed by atoms with van der Waals surface area (Å²) in [5, 5.41) is 7.94. The van der Waals surface area contributed by atoms with Gasteiger partial charge in [0.15, 0.2) is 0 Å². The Kier molecular flexibility index (Phi) is 4.77. The van der Waals surface area contributed by atoms with E-state index in [9.17, 15) is 13.6 Å². The number of ether oxygens (including phenoxy) is 1. The van der Waals surface area contributed by atoms with Gasteiger partial charge >= 0.3 is 0 Å². The first-order chi connectivity index (χ1) is 11.8. The van der Waals surface area contributed by atoms with Gasteiger partial charge < -0.3 is 9.64 Å². The van der Waals surface area contributed by atoms with Crippen LogP contribution in [0.4, 0.5) is 8.78 Å². The first kappa shape index (κ1) is 18.1.